The zero-order valence-corrected chi connectivity index (χ0v) is 24.5. The molecule has 1 saturated heterocycles. The normalized spacial score (nSPS) is 14.8. The molecule has 1 aliphatic heterocycles. The van der Waals surface area contributed by atoms with E-state index in [4.69, 9.17) is 19.4 Å². The molecule has 0 N–H and O–H groups in total. The molecule has 7 nitrogen and oxygen atoms in total. The van der Waals surface area contributed by atoms with Crippen LogP contribution in [0.15, 0.2) is 54.6 Å². The number of hydrogen-bond donors (Lipinski definition) is 0. The van der Waals surface area contributed by atoms with Gasteiger partial charge in [0.15, 0.2) is 17.1 Å². The lowest BCUT2D eigenvalue weighted by molar-refractivity contribution is 0.137. The van der Waals surface area contributed by atoms with E-state index in [1.165, 1.54) is 22.3 Å². The highest BCUT2D eigenvalue weighted by Gasteiger charge is 2.17. The molecule has 1 fully saturated rings. The van der Waals surface area contributed by atoms with Crippen LogP contribution in [0.3, 0.4) is 0 Å². The molecule has 0 amide bonds. The highest BCUT2D eigenvalue weighted by Crippen LogP contribution is 2.28. The second kappa shape index (κ2) is 12.7. The number of aryl methyl sites for hydroxylation is 3. The first-order valence-corrected chi connectivity index (χ1v) is 14.2. The van der Waals surface area contributed by atoms with Gasteiger partial charge in [0.25, 0.3) is 0 Å². The molecule has 40 heavy (non-hydrogen) atoms. The number of fused-ring (bicyclic) bond motifs is 1. The predicted octanol–water partition coefficient (Wildman–Crippen LogP) is 5.51. The second-order valence-electron chi connectivity index (χ2n) is 10.6. The van der Waals surface area contributed by atoms with Gasteiger partial charge in [-0.3, -0.25) is 9.80 Å². The van der Waals surface area contributed by atoms with E-state index in [1.54, 1.807) is 14.2 Å². The molecule has 0 radical (unpaired) electrons. The van der Waals surface area contributed by atoms with Gasteiger partial charge in [-0.25, -0.2) is 9.97 Å². The molecule has 1 aliphatic rings. The summed E-state index contributed by atoms with van der Waals surface area (Å²) < 4.78 is 13.1. The Balaban J connectivity index is 1.13. The third-order valence-corrected chi connectivity index (χ3v) is 7.73. The van der Waals surface area contributed by atoms with E-state index in [9.17, 15) is 0 Å². The standard InChI is InChI=1S/C33H41N5O2/c1-6-31-35-32-24(2)20-25(3)34-33(32)38(31)23-27-11-9-26(10-12-27)8-7-15-36-16-18-37(19-17-36)22-28-13-14-29(39-4)30(21-28)40-5/h7-14,20-21H,6,15-19,22-23H2,1-5H3. The summed E-state index contributed by atoms with van der Waals surface area (Å²) in [6.45, 7) is 13.3. The van der Waals surface area contributed by atoms with Gasteiger partial charge in [0.1, 0.15) is 11.3 Å². The molecule has 0 saturated carbocycles. The minimum absolute atomic E-state index is 0.775. The van der Waals surface area contributed by atoms with E-state index >= 15 is 0 Å². The monoisotopic (exact) mass is 539 g/mol. The van der Waals surface area contributed by atoms with Crippen LogP contribution >= 0.6 is 0 Å². The van der Waals surface area contributed by atoms with Crippen LogP contribution < -0.4 is 9.47 Å². The van der Waals surface area contributed by atoms with Crippen LogP contribution in [0, 0.1) is 13.8 Å². The Hall–Kier alpha value is -3.68. The fourth-order valence-electron chi connectivity index (χ4n) is 5.51. The van der Waals surface area contributed by atoms with Gasteiger partial charge in [0, 0.05) is 51.4 Å². The smallest absolute Gasteiger partial charge is 0.161 e. The maximum Gasteiger partial charge on any atom is 0.161 e. The average Bonchev–Trinajstić information content (AvgIpc) is 3.32. The molecule has 0 spiro atoms. The van der Waals surface area contributed by atoms with Gasteiger partial charge in [0.05, 0.1) is 20.8 Å². The first-order chi connectivity index (χ1) is 19.5. The van der Waals surface area contributed by atoms with Crippen molar-refractivity contribution in [2.24, 2.45) is 0 Å². The summed E-state index contributed by atoms with van der Waals surface area (Å²) in [5.41, 5.74) is 7.97. The number of aromatic nitrogens is 3. The van der Waals surface area contributed by atoms with Crippen molar-refractivity contribution in [2.75, 3.05) is 46.9 Å². The second-order valence-corrected chi connectivity index (χ2v) is 10.6. The molecule has 4 aromatic rings. The summed E-state index contributed by atoms with van der Waals surface area (Å²) in [6, 6.07) is 17.2. The molecule has 210 valence electrons. The minimum atomic E-state index is 0.775. The predicted molar refractivity (Wildman–Crippen MR) is 162 cm³/mol. The molecule has 0 unspecified atom stereocenters. The average molecular weight is 540 g/mol. The molecule has 0 aliphatic carbocycles. The van der Waals surface area contributed by atoms with E-state index in [1.807, 2.05) is 6.07 Å². The maximum atomic E-state index is 5.46. The van der Waals surface area contributed by atoms with Gasteiger partial charge >= 0.3 is 0 Å². The van der Waals surface area contributed by atoms with Gasteiger partial charge < -0.3 is 14.0 Å². The highest BCUT2D eigenvalue weighted by atomic mass is 16.5. The van der Waals surface area contributed by atoms with Gasteiger partial charge in [-0.15, -0.1) is 0 Å². The lowest BCUT2D eigenvalue weighted by Gasteiger charge is -2.34. The molecule has 0 atom stereocenters. The fraction of sp³-hybridized carbons (Fsp3) is 0.394. The van der Waals surface area contributed by atoms with Crippen molar-refractivity contribution in [3.8, 4) is 11.5 Å². The van der Waals surface area contributed by atoms with Crippen LogP contribution in [0.25, 0.3) is 17.2 Å². The van der Waals surface area contributed by atoms with Crippen molar-refractivity contribution < 1.29 is 9.47 Å². The SMILES string of the molecule is CCc1nc2c(C)cc(C)nc2n1Cc1ccc(C=CCN2CCN(Cc3ccc(OC)c(OC)c3)CC2)cc1. The number of nitrogens with zero attached hydrogens (tertiary/aromatic N) is 5. The Kier molecular flexibility index (Phi) is 8.82. The van der Waals surface area contributed by atoms with Crippen LogP contribution in [0.1, 0.15) is 40.7 Å². The van der Waals surface area contributed by atoms with Crippen molar-refractivity contribution in [1.29, 1.82) is 0 Å². The van der Waals surface area contributed by atoms with Gasteiger partial charge in [-0.2, -0.15) is 0 Å². The van der Waals surface area contributed by atoms with Crippen LogP contribution in [-0.4, -0.2) is 71.3 Å². The molecular formula is C33H41N5O2. The zero-order valence-electron chi connectivity index (χ0n) is 24.5. The largest absolute Gasteiger partial charge is 0.493 e. The molecule has 2 aromatic heterocycles. The molecule has 2 aromatic carbocycles. The minimum Gasteiger partial charge on any atom is -0.493 e. The van der Waals surface area contributed by atoms with E-state index in [0.29, 0.717) is 0 Å². The van der Waals surface area contributed by atoms with E-state index in [-0.39, 0.29) is 0 Å². The van der Waals surface area contributed by atoms with Crippen molar-refractivity contribution in [3.63, 3.8) is 0 Å². The Morgan fingerprint density at radius 1 is 0.800 bits per heavy atom. The molecular weight excluding hydrogens is 498 g/mol. The number of pyridine rings is 1. The fourth-order valence-corrected chi connectivity index (χ4v) is 5.51. The molecule has 5 rings (SSSR count). The summed E-state index contributed by atoms with van der Waals surface area (Å²) in [5.74, 6) is 2.65. The molecule has 0 bridgehead atoms. The first kappa shape index (κ1) is 27.9. The number of piperazine rings is 1. The van der Waals surface area contributed by atoms with Crippen molar-refractivity contribution in [3.05, 3.63) is 88.4 Å². The Morgan fingerprint density at radius 3 is 2.20 bits per heavy atom. The van der Waals surface area contributed by atoms with Crippen molar-refractivity contribution >= 4 is 17.2 Å². The number of imidazole rings is 1. The Bertz CT molecular complexity index is 1470. The van der Waals surface area contributed by atoms with Crippen LogP contribution in [-0.2, 0) is 19.5 Å². The van der Waals surface area contributed by atoms with Crippen molar-refractivity contribution in [1.82, 2.24) is 24.3 Å². The van der Waals surface area contributed by atoms with Gasteiger partial charge in [0.2, 0.25) is 0 Å². The summed E-state index contributed by atoms with van der Waals surface area (Å²) >= 11 is 0. The maximum absolute atomic E-state index is 5.46. The number of hydrogen-bond acceptors (Lipinski definition) is 6. The zero-order chi connectivity index (χ0) is 28.1. The Labute approximate surface area is 238 Å². The summed E-state index contributed by atoms with van der Waals surface area (Å²) in [4.78, 5) is 14.7. The van der Waals surface area contributed by atoms with Crippen molar-refractivity contribution in [2.45, 2.75) is 40.3 Å². The number of ether oxygens (including phenoxy) is 2. The lowest BCUT2D eigenvalue weighted by atomic mass is 10.1. The van der Waals surface area contributed by atoms with Gasteiger partial charge in [-0.05, 0) is 54.3 Å². The molecule has 7 heteroatoms. The molecule has 3 heterocycles. The summed E-state index contributed by atoms with van der Waals surface area (Å²) in [6.07, 6.45) is 5.41. The first-order valence-electron chi connectivity index (χ1n) is 14.2. The topological polar surface area (TPSA) is 55.7 Å². The highest BCUT2D eigenvalue weighted by molar-refractivity contribution is 5.76. The van der Waals surface area contributed by atoms with E-state index < -0.39 is 0 Å². The van der Waals surface area contributed by atoms with E-state index in [0.717, 1.165) is 86.4 Å². The van der Waals surface area contributed by atoms with Crippen LogP contribution in [0.4, 0.5) is 0 Å². The number of methoxy groups -OCH3 is 2. The summed E-state index contributed by atoms with van der Waals surface area (Å²) in [5, 5.41) is 0. The summed E-state index contributed by atoms with van der Waals surface area (Å²) in [7, 11) is 3.36. The van der Waals surface area contributed by atoms with Crippen LogP contribution in [0.2, 0.25) is 0 Å². The number of benzene rings is 2. The third-order valence-electron chi connectivity index (χ3n) is 7.73. The third kappa shape index (κ3) is 6.37. The Morgan fingerprint density at radius 2 is 1.50 bits per heavy atom. The quantitative estimate of drug-likeness (QED) is 0.265. The van der Waals surface area contributed by atoms with Crippen LogP contribution in [0.5, 0.6) is 11.5 Å². The van der Waals surface area contributed by atoms with E-state index in [2.05, 4.69) is 89.8 Å². The lowest BCUT2D eigenvalue weighted by Crippen LogP contribution is -2.45. The van der Waals surface area contributed by atoms with Gasteiger partial charge in [-0.1, -0.05) is 49.4 Å². The number of rotatable bonds is 10.